The van der Waals surface area contributed by atoms with E-state index in [9.17, 15) is 30.0 Å². The van der Waals surface area contributed by atoms with Gasteiger partial charge in [0.2, 0.25) is 11.8 Å². The molecule has 37 heavy (non-hydrogen) atoms. The van der Waals surface area contributed by atoms with Gasteiger partial charge in [-0.25, -0.2) is 0 Å². The van der Waals surface area contributed by atoms with Crippen molar-refractivity contribution in [2.75, 3.05) is 13.2 Å². The SMILES string of the molecule is CCC/C(=C\c1ccc(CO)o1)CC[C@@H](O)C1=C(CO)C[C@H]2C(=O)N(Cc3cccs3)C(=O)[C@H]2[C@H]1CO. The Morgan fingerprint density at radius 2 is 1.97 bits per heavy atom. The van der Waals surface area contributed by atoms with Gasteiger partial charge in [-0.2, -0.15) is 0 Å². The minimum Gasteiger partial charge on any atom is -0.459 e. The number of allylic oxidation sites excluding steroid dienone is 1. The van der Waals surface area contributed by atoms with Crippen molar-refractivity contribution in [3.05, 3.63) is 62.8 Å². The fourth-order valence-corrected chi connectivity index (χ4v) is 6.40. The molecule has 2 amide bonds. The molecule has 1 fully saturated rings. The number of amides is 2. The quantitative estimate of drug-likeness (QED) is 0.245. The maximum atomic E-state index is 13.4. The fraction of sp³-hybridized carbons (Fsp3) is 0.500. The third-order valence-corrected chi connectivity index (χ3v) is 8.27. The van der Waals surface area contributed by atoms with Crippen LogP contribution in [0.15, 0.2) is 50.8 Å². The molecule has 3 heterocycles. The van der Waals surface area contributed by atoms with Gasteiger partial charge in [0.1, 0.15) is 18.1 Å². The van der Waals surface area contributed by atoms with E-state index >= 15 is 0 Å². The molecule has 2 aliphatic rings. The van der Waals surface area contributed by atoms with Gasteiger partial charge in [0.25, 0.3) is 0 Å². The van der Waals surface area contributed by atoms with E-state index in [4.69, 9.17) is 4.42 Å². The number of hydrogen-bond donors (Lipinski definition) is 4. The molecule has 1 aliphatic carbocycles. The summed E-state index contributed by atoms with van der Waals surface area (Å²) < 4.78 is 5.58. The van der Waals surface area contributed by atoms with Crippen molar-refractivity contribution in [3.8, 4) is 0 Å². The molecular formula is C28H35NO7S. The van der Waals surface area contributed by atoms with Crippen LogP contribution in [-0.4, -0.2) is 56.5 Å². The van der Waals surface area contributed by atoms with Gasteiger partial charge >= 0.3 is 0 Å². The number of rotatable bonds is 12. The molecule has 0 unspecified atom stereocenters. The van der Waals surface area contributed by atoms with Crippen molar-refractivity contribution >= 4 is 29.2 Å². The van der Waals surface area contributed by atoms with Gasteiger partial charge in [-0.05, 0) is 66.5 Å². The molecule has 0 aromatic carbocycles. The maximum Gasteiger partial charge on any atom is 0.234 e. The number of aliphatic hydroxyl groups excluding tert-OH is 4. The summed E-state index contributed by atoms with van der Waals surface area (Å²) in [5, 5.41) is 42.9. The highest BCUT2D eigenvalue weighted by molar-refractivity contribution is 7.09. The first-order valence-electron chi connectivity index (χ1n) is 12.8. The van der Waals surface area contributed by atoms with E-state index in [0.29, 0.717) is 35.5 Å². The summed E-state index contributed by atoms with van der Waals surface area (Å²) in [5.74, 6) is -1.61. The molecule has 8 nitrogen and oxygen atoms in total. The number of carbonyl (C=O) groups is 2. The smallest absolute Gasteiger partial charge is 0.234 e. The van der Waals surface area contributed by atoms with Crippen LogP contribution in [0.3, 0.4) is 0 Å². The third-order valence-electron chi connectivity index (χ3n) is 7.41. The van der Waals surface area contributed by atoms with E-state index in [1.807, 2.05) is 23.6 Å². The average molecular weight is 530 g/mol. The Balaban J connectivity index is 1.53. The van der Waals surface area contributed by atoms with Gasteiger partial charge in [0.15, 0.2) is 0 Å². The molecular weight excluding hydrogens is 494 g/mol. The van der Waals surface area contributed by atoms with Crippen LogP contribution in [0.2, 0.25) is 0 Å². The highest BCUT2D eigenvalue weighted by atomic mass is 32.1. The van der Waals surface area contributed by atoms with Crippen molar-refractivity contribution in [2.24, 2.45) is 17.8 Å². The zero-order valence-electron chi connectivity index (χ0n) is 21.0. The Morgan fingerprint density at radius 1 is 1.16 bits per heavy atom. The van der Waals surface area contributed by atoms with Crippen LogP contribution in [0.4, 0.5) is 0 Å². The second-order valence-electron chi connectivity index (χ2n) is 9.75. The van der Waals surface area contributed by atoms with E-state index in [0.717, 1.165) is 23.3 Å². The lowest BCUT2D eigenvalue weighted by Crippen LogP contribution is -2.39. The van der Waals surface area contributed by atoms with Crippen molar-refractivity contribution in [2.45, 2.75) is 58.3 Å². The fourth-order valence-electron chi connectivity index (χ4n) is 5.71. The predicted molar refractivity (Wildman–Crippen MR) is 139 cm³/mol. The first-order chi connectivity index (χ1) is 17.9. The minimum atomic E-state index is -0.973. The monoisotopic (exact) mass is 529 g/mol. The maximum absolute atomic E-state index is 13.4. The van der Waals surface area contributed by atoms with Crippen molar-refractivity contribution < 1.29 is 34.4 Å². The molecule has 2 aromatic rings. The Kier molecular flexibility index (Phi) is 9.15. The topological polar surface area (TPSA) is 131 Å². The van der Waals surface area contributed by atoms with Gasteiger partial charge in [0.05, 0.1) is 37.7 Å². The summed E-state index contributed by atoms with van der Waals surface area (Å²) in [4.78, 5) is 28.7. The summed E-state index contributed by atoms with van der Waals surface area (Å²) >= 11 is 1.47. The van der Waals surface area contributed by atoms with Crippen LogP contribution < -0.4 is 0 Å². The lowest BCUT2D eigenvalue weighted by molar-refractivity contribution is -0.140. The standard InChI is InChI=1S/C28H35NO7S/c1-2-4-17(11-19-7-8-20(15-31)36-19)6-9-24(33)25-18(14-30)12-22-26(23(25)16-32)28(35)29(27(22)34)13-21-5-3-10-37-21/h3,5,7-8,10-11,22-24,26,30-33H,2,4,6,9,12-16H2,1H3/b17-11+/t22-,23+,24-,26-/m1/s1. The number of imide groups is 1. The number of furan rings is 1. The van der Waals surface area contributed by atoms with Crippen LogP contribution in [0.1, 0.15) is 55.4 Å². The van der Waals surface area contributed by atoms with Gasteiger partial charge < -0.3 is 24.8 Å². The molecule has 9 heteroatoms. The number of fused-ring (bicyclic) bond motifs is 1. The summed E-state index contributed by atoms with van der Waals surface area (Å²) in [6.07, 6.45) is 3.73. The van der Waals surface area contributed by atoms with Crippen LogP contribution in [0, 0.1) is 17.8 Å². The Morgan fingerprint density at radius 3 is 2.59 bits per heavy atom. The molecule has 4 atom stereocenters. The normalized spacial score (nSPS) is 23.2. The predicted octanol–water partition coefficient (Wildman–Crippen LogP) is 3.26. The first kappa shape index (κ1) is 27.5. The summed E-state index contributed by atoms with van der Waals surface area (Å²) in [5.41, 5.74) is 2.09. The van der Waals surface area contributed by atoms with Crippen molar-refractivity contribution in [1.29, 1.82) is 0 Å². The molecule has 1 aliphatic heterocycles. The second kappa shape index (κ2) is 12.3. The van der Waals surface area contributed by atoms with Gasteiger partial charge in [-0.3, -0.25) is 14.5 Å². The van der Waals surface area contributed by atoms with Crippen molar-refractivity contribution in [1.82, 2.24) is 4.90 Å². The zero-order chi connectivity index (χ0) is 26.5. The Bertz CT molecular complexity index is 1150. The molecule has 0 saturated carbocycles. The number of thiophene rings is 1. The molecule has 4 rings (SSSR count). The molecule has 0 spiro atoms. The lowest BCUT2D eigenvalue weighted by Gasteiger charge is -2.36. The highest BCUT2D eigenvalue weighted by Gasteiger charge is 2.54. The van der Waals surface area contributed by atoms with Crippen molar-refractivity contribution in [3.63, 3.8) is 0 Å². The van der Waals surface area contributed by atoms with E-state index in [1.54, 1.807) is 12.1 Å². The number of hydrogen-bond acceptors (Lipinski definition) is 8. The number of aliphatic hydroxyl groups is 4. The second-order valence-corrected chi connectivity index (χ2v) is 10.8. The van der Waals surface area contributed by atoms with Crippen LogP contribution in [0.5, 0.6) is 0 Å². The van der Waals surface area contributed by atoms with E-state index in [1.165, 1.54) is 16.2 Å². The number of nitrogens with zero attached hydrogens (tertiary/aromatic N) is 1. The number of likely N-dealkylation sites (tertiary alicyclic amines) is 1. The molecule has 4 N–H and O–H groups in total. The summed E-state index contributed by atoms with van der Waals surface area (Å²) in [6.45, 7) is 1.35. The van der Waals surface area contributed by atoms with Gasteiger partial charge in [0, 0.05) is 10.8 Å². The van der Waals surface area contributed by atoms with E-state index < -0.39 is 30.5 Å². The summed E-state index contributed by atoms with van der Waals surface area (Å²) in [6, 6.07) is 7.25. The largest absolute Gasteiger partial charge is 0.459 e. The molecule has 0 bridgehead atoms. The van der Waals surface area contributed by atoms with Crippen LogP contribution in [-0.2, 0) is 22.7 Å². The Hall–Kier alpha value is -2.56. The third kappa shape index (κ3) is 5.81. The molecule has 2 aromatic heterocycles. The minimum absolute atomic E-state index is 0.176. The Labute approximate surface area is 220 Å². The molecule has 1 saturated heterocycles. The van der Waals surface area contributed by atoms with E-state index in [-0.39, 0.29) is 38.0 Å². The first-order valence-corrected chi connectivity index (χ1v) is 13.7. The van der Waals surface area contributed by atoms with Crippen LogP contribution in [0.25, 0.3) is 6.08 Å². The van der Waals surface area contributed by atoms with Gasteiger partial charge in [-0.1, -0.05) is 25.0 Å². The average Bonchev–Trinajstić information content (AvgIpc) is 3.64. The van der Waals surface area contributed by atoms with Crippen LogP contribution >= 0.6 is 11.3 Å². The highest BCUT2D eigenvalue weighted by Crippen LogP contribution is 2.46. The molecule has 200 valence electrons. The number of carbonyl (C=O) groups excluding carboxylic acids is 2. The lowest BCUT2D eigenvalue weighted by atomic mass is 9.68. The summed E-state index contributed by atoms with van der Waals surface area (Å²) in [7, 11) is 0. The zero-order valence-corrected chi connectivity index (χ0v) is 21.8. The molecule has 0 radical (unpaired) electrons. The van der Waals surface area contributed by atoms with Gasteiger partial charge in [-0.15, -0.1) is 11.3 Å². The van der Waals surface area contributed by atoms with E-state index in [2.05, 4.69) is 6.92 Å².